The predicted octanol–water partition coefficient (Wildman–Crippen LogP) is 4.84. The van der Waals surface area contributed by atoms with Crippen LogP contribution in [0.1, 0.15) is 16.7 Å². The molecule has 0 spiro atoms. The Morgan fingerprint density at radius 2 is 1.55 bits per heavy atom. The highest BCUT2D eigenvalue weighted by Crippen LogP contribution is 2.38. The first-order valence-electron chi connectivity index (χ1n) is 10.0. The van der Waals surface area contributed by atoms with Gasteiger partial charge in [0.05, 0.1) is 10.6 Å². The third-order valence-electron chi connectivity index (χ3n) is 5.36. The molecule has 0 bridgehead atoms. The molecule has 0 amide bonds. The monoisotopic (exact) mass is 431 g/mol. The van der Waals surface area contributed by atoms with Crippen LogP contribution in [-0.4, -0.2) is 35.4 Å². The van der Waals surface area contributed by atoms with Crippen molar-refractivity contribution in [1.82, 2.24) is 0 Å². The fourth-order valence-corrected chi connectivity index (χ4v) is 4.61. The number of amidine groups is 1. The molecule has 0 fully saturated rings. The third kappa shape index (κ3) is 4.11. The highest BCUT2D eigenvalue weighted by molar-refractivity contribution is 7.90. The summed E-state index contributed by atoms with van der Waals surface area (Å²) in [4.78, 5) is 4.06. The maximum Gasteiger partial charge on any atom is 0.284 e. The average molecular weight is 432 g/mol. The number of rotatable bonds is 4. The van der Waals surface area contributed by atoms with E-state index < -0.39 is 10.0 Å². The number of benzene rings is 3. The molecule has 0 saturated carbocycles. The number of aryl methyl sites for hydroxylation is 1. The molecule has 6 heteroatoms. The van der Waals surface area contributed by atoms with Crippen molar-refractivity contribution in [2.45, 2.75) is 11.8 Å². The van der Waals surface area contributed by atoms with E-state index in [1.54, 1.807) is 24.3 Å². The molecule has 158 valence electrons. The summed E-state index contributed by atoms with van der Waals surface area (Å²) in [6, 6.07) is 22.7. The molecular weight excluding hydrogens is 406 g/mol. The van der Waals surface area contributed by atoms with Gasteiger partial charge in [-0.1, -0.05) is 48.0 Å². The predicted molar refractivity (Wildman–Crippen MR) is 129 cm³/mol. The molecule has 0 atom stereocenters. The molecule has 5 nitrogen and oxygen atoms in total. The van der Waals surface area contributed by atoms with Crippen molar-refractivity contribution in [3.05, 3.63) is 89.5 Å². The fraction of sp³-hybridized carbons (Fsp3) is 0.160. The Morgan fingerprint density at radius 3 is 2.19 bits per heavy atom. The van der Waals surface area contributed by atoms with Crippen LogP contribution in [0.2, 0.25) is 0 Å². The fourth-order valence-electron chi connectivity index (χ4n) is 3.57. The van der Waals surface area contributed by atoms with Crippen LogP contribution in [0.4, 0.5) is 11.4 Å². The first kappa shape index (κ1) is 20.9. The Kier molecular flexibility index (Phi) is 5.41. The van der Waals surface area contributed by atoms with E-state index in [-0.39, 0.29) is 4.90 Å². The van der Waals surface area contributed by atoms with E-state index in [0.29, 0.717) is 5.84 Å². The maximum absolute atomic E-state index is 13.1. The molecule has 1 aliphatic heterocycles. The van der Waals surface area contributed by atoms with Crippen LogP contribution in [0.15, 0.2) is 82.1 Å². The van der Waals surface area contributed by atoms with Gasteiger partial charge in [0.1, 0.15) is 0 Å². The van der Waals surface area contributed by atoms with Crippen molar-refractivity contribution in [3.8, 4) is 0 Å². The minimum absolute atomic E-state index is 0.185. The molecule has 0 aliphatic carbocycles. The molecule has 1 heterocycles. The summed E-state index contributed by atoms with van der Waals surface area (Å²) in [5, 5.41) is 0. The van der Waals surface area contributed by atoms with Crippen molar-refractivity contribution in [1.29, 1.82) is 0 Å². The molecule has 3 aromatic carbocycles. The number of nitrogens with zero attached hydrogens (tertiary/aromatic N) is 3. The summed E-state index contributed by atoms with van der Waals surface area (Å²) in [6.45, 7) is 1.92. The van der Waals surface area contributed by atoms with Gasteiger partial charge in [-0.2, -0.15) is 8.42 Å². The lowest BCUT2D eigenvalue weighted by Crippen LogP contribution is -2.22. The van der Waals surface area contributed by atoms with Gasteiger partial charge in [-0.3, -0.25) is 0 Å². The first-order valence-corrected chi connectivity index (χ1v) is 11.4. The van der Waals surface area contributed by atoms with Gasteiger partial charge < -0.3 is 9.80 Å². The van der Waals surface area contributed by atoms with Gasteiger partial charge in [-0.25, -0.2) is 0 Å². The largest absolute Gasteiger partial charge is 0.378 e. The van der Waals surface area contributed by atoms with Crippen LogP contribution in [0, 0.1) is 6.92 Å². The van der Waals surface area contributed by atoms with Crippen LogP contribution in [0.5, 0.6) is 0 Å². The molecule has 1 aliphatic rings. The molecule has 0 unspecified atom stereocenters. The van der Waals surface area contributed by atoms with Crippen LogP contribution < -0.4 is 9.80 Å². The number of likely N-dealkylation sites (N-methyl/N-ethyl adjacent to an activating group) is 1. The Morgan fingerprint density at radius 1 is 0.903 bits per heavy atom. The van der Waals surface area contributed by atoms with Gasteiger partial charge in [-0.15, -0.1) is 4.40 Å². The topological polar surface area (TPSA) is 53.0 Å². The molecule has 0 saturated heterocycles. The van der Waals surface area contributed by atoms with Gasteiger partial charge >= 0.3 is 0 Å². The van der Waals surface area contributed by atoms with Crippen molar-refractivity contribution in [3.63, 3.8) is 0 Å². The normalized spacial score (nSPS) is 16.1. The average Bonchev–Trinajstić information content (AvgIpc) is 3.00. The maximum atomic E-state index is 13.1. The number of sulfonamides is 1. The van der Waals surface area contributed by atoms with E-state index in [4.69, 9.17) is 0 Å². The molecule has 3 aromatic rings. The summed E-state index contributed by atoms with van der Waals surface area (Å²) < 4.78 is 30.4. The Hall–Kier alpha value is -3.38. The number of hydrogen-bond acceptors (Lipinski definition) is 3. The zero-order chi connectivity index (χ0) is 22.2. The van der Waals surface area contributed by atoms with Gasteiger partial charge in [0, 0.05) is 38.0 Å². The van der Waals surface area contributed by atoms with E-state index in [2.05, 4.69) is 4.40 Å². The second kappa shape index (κ2) is 8.04. The van der Waals surface area contributed by atoms with Crippen molar-refractivity contribution in [2.24, 2.45) is 4.40 Å². The SMILES string of the molecule is Cc1ccc(S(=O)(=O)/N=C2/C(=C\c3ccc(N(C)C)cc3)c3ccccc3N2C)cc1. The highest BCUT2D eigenvalue weighted by Gasteiger charge is 2.30. The van der Waals surface area contributed by atoms with Crippen LogP contribution in [0.25, 0.3) is 11.6 Å². The molecule has 0 N–H and O–H groups in total. The van der Waals surface area contributed by atoms with E-state index in [1.807, 2.05) is 92.5 Å². The molecule has 0 radical (unpaired) electrons. The smallest absolute Gasteiger partial charge is 0.284 e. The zero-order valence-electron chi connectivity index (χ0n) is 18.1. The van der Waals surface area contributed by atoms with Gasteiger partial charge in [-0.05, 0) is 48.9 Å². The summed E-state index contributed by atoms with van der Waals surface area (Å²) in [7, 11) is 1.98. The van der Waals surface area contributed by atoms with Gasteiger partial charge in [0.2, 0.25) is 0 Å². The number of hydrogen-bond donors (Lipinski definition) is 0. The number of anilines is 2. The minimum Gasteiger partial charge on any atom is -0.378 e. The van der Waals surface area contributed by atoms with Crippen molar-refractivity contribution >= 4 is 38.9 Å². The highest BCUT2D eigenvalue weighted by atomic mass is 32.2. The standard InChI is InChI=1S/C25H25N3O2S/c1-18-9-15-21(16-10-18)31(29,30)26-25-23(22-7-5-6-8-24(22)28(25)4)17-19-11-13-20(14-12-19)27(2)3/h5-17H,1-4H3/b23-17-,26-25-. The lowest BCUT2D eigenvalue weighted by molar-refractivity contribution is 0.598. The van der Waals surface area contributed by atoms with Crippen LogP contribution in [0.3, 0.4) is 0 Å². The van der Waals surface area contributed by atoms with E-state index in [9.17, 15) is 8.42 Å². The third-order valence-corrected chi connectivity index (χ3v) is 6.64. The van der Waals surface area contributed by atoms with Gasteiger partial charge in [0.15, 0.2) is 5.84 Å². The Labute approximate surface area is 184 Å². The zero-order valence-corrected chi connectivity index (χ0v) is 18.9. The summed E-state index contributed by atoms with van der Waals surface area (Å²) in [5.74, 6) is 0.415. The molecule has 4 rings (SSSR count). The number of para-hydroxylation sites is 1. The first-order chi connectivity index (χ1) is 14.8. The Bertz CT molecular complexity index is 1270. The van der Waals surface area contributed by atoms with Crippen molar-refractivity contribution < 1.29 is 8.42 Å². The minimum atomic E-state index is -3.86. The second-order valence-electron chi connectivity index (χ2n) is 7.82. The van der Waals surface area contributed by atoms with E-state index in [1.165, 1.54) is 0 Å². The summed E-state index contributed by atoms with van der Waals surface area (Å²) >= 11 is 0. The van der Waals surface area contributed by atoms with E-state index in [0.717, 1.165) is 33.6 Å². The second-order valence-corrected chi connectivity index (χ2v) is 9.43. The van der Waals surface area contributed by atoms with Crippen LogP contribution >= 0.6 is 0 Å². The van der Waals surface area contributed by atoms with Crippen LogP contribution in [-0.2, 0) is 10.0 Å². The summed E-state index contributed by atoms with van der Waals surface area (Å²) in [6.07, 6.45) is 1.99. The molecule has 31 heavy (non-hydrogen) atoms. The number of fused-ring (bicyclic) bond motifs is 1. The summed E-state index contributed by atoms with van der Waals surface area (Å²) in [5.41, 5.74) is 5.74. The van der Waals surface area contributed by atoms with E-state index >= 15 is 0 Å². The lowest BCUT2D eigenvalue weighted by Gasteiger charge is -2.14. The van der Waals surface area contributed by atoms with Gasteiger partial charge in [0.25, 0.3) is 10.0 Å². The van der Waals surface area contributed by atoms with Crippen molar-refractivity contribution in [2.75, 3.05) is 30.9 Å². The quantitative estimate of drug-likeness (QED) is 0.593. The lowest BCUT2D eigenvalue weighted by atomic mass is 10.0. The molecule has 0 aromatic heterocycles. The Balaban J connectivity index is 1.84. The molecular formula is C25H25N3O2S.